The molecule has 4 nitrogen and oxygen atoms in total. The van der Waals surface area contributed by atoms with Crippen molar-refractivity contribution in [2.45, 2.75) is 13.5 Å². The van der Waals surface area contributed by atoms with Crippen molar-refractivity contribution in [3.05, 3.63) is 83.5 Å². The number of rotatable bonds is 6. The number of allylic oxidation sites excluding steroid dienone is 1. The summed E-state index contributed by atoms with van der Waals surface area (Å²) in [6.07, 6.45) is 0. The van der Waals surface area contributed by atoms with Crippen LogP contribution in [0.2, 0.25) is 5.02 Å². The highest BCUT2D eigenvalue weighted by molar-refractivity contribution is 6.35. The molecule has 1 fully saturated rings. The van der Waals surface area contributed by atoms with Gasteiger partial charge in [0.15, 0.2) is 0 Å². The van der Waals surface area contributed by atoms with E-state index in [4.69, 9.17) is 16.6 Å². The molecule has 0 amide bonds. The average Bonchev–Trinajstić information content (AvgIpc) is 2.78. The molecule has 2 aromatic carbocycles. The Morgan fingerprint density at radius 2 is 1.62 bits per heavy atom. The summed E-state index contributed by atoms with van der Waals surface area (Å²) in [5, 5.41) is 1.68. The molecule has 1 aliphatic heterocycles. The van der Waals surface area contributed by atoms with E-state index in [9.17, 15) is 0 Å². The third kappa shape index (κ3) is 4.82. The van der Waals surface area contributed by atoms with Crippen molar-refractivity contribution in [1.29, 1.82) is 0 Å². The zero-order chi connectivity index (χ0) is 22.8. The van der Waals surface area contributed by atoms with Crippen molar-refractivity contribution >= 4 is 28.2 Å². The monoisotopic (exact) mass is 446 g/mol. The van der Waals surface area contributed by atoms with Crippen LogP contribution in [0, 0.1) is 0 Å². The van der Waals surface area contributed by atoms with E-state index >= 15 is 0 Å². The lowest BCUT2D eigenvalue weighted by Crippen LogP contribution is -2.44. The summed E-state index contributed by atoms with van der Waals surface area (Å²) in [6.45, 7) is 15.3. The Bertz CT molecular complexity index is 1140. The fourth-order valence-electron chi connectivity index (χ4n) is 4.20. The molecular formula is C27H31ClN4. The number of nitrogens with zero attached hydrogens (tertiary/aromatic N) is 4. The van der Waals surface area contributed by atoms with Crippen LogP contribution in [-0.4, -0.2) is 60.0 Å². The van der Waals surface area contributed by atoms with E-state index in [1.54, 1.807) is 0 Å². The van der Waals surface area contributed by atoms with E-state index < -0.39 is 0 Å². The Morgan fingerprint density at radius 1 is 0.969 bits per heavy atom. The van der Waals surface area contributed by atoms with Gasteiger partial charge in [0.05, 0.1) is 16.2 Å². The minimum atomic E-state index is 0.717. The van der Waals surface area contributed by atoms with Crippen LogP contribution in [0.1, 0.15) is 18.1 Å². The number of halogens is 1. The number of pyridine rings is 1. The van der Waals surface area contributed by atoms with Gasteiger partial charge in [0.1, 0.15) is 0 Å². The molecule has 32 heavy (non-hydrogen) atoms. The van der Waals surface area contributed by atoms with Crippen molar-refractivity contribution in [2.24, 2.45) is 0 Å². The van der Waals surface area contributed by atoms with Gasteiger partial charge >= 0.3 is 0 Å². The largest absolute Gasteiger partial charge is 0.372 e. The summed E-state index contributed by atoms with van der Waals surface area (Å²) in [5.41, 5.74) is 7.36. The molecule has 0 saturated carbocycles. The lowest BCUT2D eigenvalue weighted by molar-refractivity contribution is 0.215. The molecule has 5 heteroatoms. The minimum absolute atomic E-state index is 0.717. The van der Waals surface area contributed by atoms with Gasteiger partial charge in [-0.3, -0.25) is 0 Å². The summed E-state index contributed by atoms with van der Waals surface area (Å²) in [7, 11) is 4.15. The van der Waals surface area contributed by atoms with E-state index in [1.165, 1.54) is 5.56 Å². The Balaban J connectivity index is 1.59. The van der Waals surface area contributed by atoms with Gasteiger partial charge in [-0.1, -0.05) is 61.2 Å². The van der Waals surface area contributed by atoms with Gasteiger partial charge in [-0.2, -0.15) is 0 Å². The minimum Gasteiger partial charge on any atom is -0.372 e. The fourth-order valence-corrected chi connectivity index (χ4v) is 4.46. The first kappa shape index (κ1) is 22.4. The van der Waals surface area contributed by atoms with E-state index in [-0.39, 0.29) is 0 Å². The molecule has 0 radical (unpaired) electrons. The molecule has 0 N–H and O–H groups in total. The molecule has 2 heterocycles. The topological polar surface area (TPSA) is 22.6 Å². The van der Waals surface area contributed by atoms with Crippen molar-refractivity contribution < 1.29 is 0 Å². The third-order valence-corrected chi connectivity index (χ3v) is 6.36. The lowest BCUT2D eigenvalue weighted by atomic mass is 10.0. The second-order valence-corrected chi connectivity index (χ2v) is 9.22. The van der Waals surface area contributed by atoms with Crippen molar-refractivity contribution in [1.82, 2.24) is 19.7 Å². The van der Waals surface area contributed by atoms with Gasteiger partial charge in [0, 0.05) is 55.1 Å². The first-order valence-electron chi connectivity index (χ1n) is 11.0. The summed E-state index contributed by atoms with van der Waals surface area (Å²) in [6, 6.07) is 16.8. The van der Waals surface area contributed by atoms with Crippen LogP contribution in [0.3, 0.4) is 0 Å². The van der Waals surface area contributed by atoms with E-state index in [0.717, 1.165) is 76.9 Å². The number of aromatic nitrogens is 1. The van der Waals surface area contributed by atoms with E-state index in [2.05, 4.69) is 91.3 Å². The Morgan fingerprint density at radius 3 is 2.25 bits per heavy atom. The summed E-state index contributed by atoms with van der Waals surface area (Å²) in [5.74, 6) is 0. The van der Waals surface area contributed by atoms with Crippen LogP contribution in [0.5, 0.6) is 0 Å². The first-order chi connectivity index (χ1) is 15.3. The third-order valence-electron chi connectivity index (χ3n) is 6.04. The standard InChI is InChI=1S/C27H31ClN4/c1-19(2)31-12-14-32(15-13-31)20(3)23-10-11-24-25(28)17-26(29-27(24)16-23)22-8-6-21(7-9-22)18-30(4)5/h6-11,16-17H,1,3,12-15,18H2,2,4-5H3. The molecule has 0 atom stereocenters. The molecular weight excluding hydrogens is 416 g/mol. The van der Waals surface area contributed by atoms with Gasteiger partial charge in [-0.25, -0.2) is 4.98 Å². The Labute approximate surface area is 196 Å². The van der Waals surface area contributed by atoms with Crippen molar-refractivity contribution in [3.8, 4) is 11.3 Å². The molecule has 4 rings (SSSR count). The maximum absolute atomic E-state index is 6.65. The highest BCUT2D eigenvalue weighted by Gasteiger charge is 2.19. The zero-order valence-electron chi connectivity index (χ0n) is 19.2. The summed E-state index contributed by atoms with van der Waals surface area (Å²) < 4.78 is 0. The van der Waals surface area contributed by atoms with Crippen molar-refractivity contribution in [2.75, 3.05) is 40.3 Å². The fraction of sp³-hybridized carbons (Fsp3) is 0.296. The van der Waals surface area contributed by atoms with Gasteiger partial charge in [0.2, 0.25) is 0 Å². The second kappa shape index (κ2) is 9.35. The van der Waals surface area contributed by atoms with Crippen LogP contribution in [0.25, 0.3) is 27.9 Å². The van der Waals surface area contributed by atoms with Crippen LogP contribution in [0.4, 0.5) is 0 Å². The van der Waals surface area contributed by atoms with Crippen LogP contribution in [0.15, 0.2) is 67.4 Å². The number of hydrogen-bond donors (Lipinski definition) is 0. The van der Waals surface area contributed by atoms with Gasteiger partial charge in [-0.05, 0) is 44.3 Å². The molecule has 0 aliphatic carbocycles. The maximum atomic E-state index is 6.65. The van der Waals surface area contributed by atoms with Crippen LogP contribution in [-0.2, 0) is 6.54 Å². The predicted molar refractivity (Wildman–Crippen MR) is 137 cm³/mol. The van der Waals surface area contributed by atoms with Gasteiger partial charge in [0.25, 0.3) is 0 Å². The van der Waals surface area contributed by atoms with Gasteiger partial charge < -0.3 is 14.7 Å². The number of fused-ring (bicyclic) bond motifs is 1. The lowest BCUT2D eigenvalue weighted by Gasteiger charge is -2.38. The van der Waals surface area contributed by atoms with Crippen LogP contribution >= 0.6 is 11.6 Å². The number of piperazine rings is 1. The number of benzene rings is 2. The SMILES string of the molecule is C=C(C)N1CCN(C(=C)c2ccc3c(Cl)cc(-c4ccc(CN(C)C)cc4)nc3c2)CC1. The quantitative estimate of drug-likeness (QED) is 0.481. The Kier molecular flexibility index (Phi) is 6.54. The predicted octanol–water partition coefficient (Wildman–Crippen LogP) is 5.74. The maximum Gasteiger partial charge on any atom is 0.0731 e. The highest BCUT2D eigenvalue weighted by atomic mass is 35.5. The second-order valence-electron chi connectivity index (χ2n) is 8.81. The summed E-state index contributed by atoms with van der Waals surface area (Å²) >= 11 is 6.65. The normalized spacial score (nSPS) is 14.3. The molecule has 0 unspecified atom stereocenters. The first-order valence-corrected chi connectivity index (χ1v) is 11.4. The summed E-state index contributed by atoms with van der Waals surface area (Å²) in [4.78, 5) is 11.8. The molecule has 1 aromatic heterocycles. The smallest absolute Gasteiger partial charge is 0.0731 e. The molecule has 0 spiro atoms. The van der Waals surface area contributed by atoms with Gasteiger partial charge in [-0.15, -0.1) is 0 Å². The average molecular weight is 447 g/mol. The molecule has 1 saturated heterocycles. The van der Waals surface area contributed by atoms with E-state index in [1.807, 2.05) is 6.07 Å². The molecule has 1 aliphatic rings. The number of hydrogen-bond acceptors (Lipinski definition) is 4. The van der Waals surface area contributed by atoms with E-state index in [0.29, 0.717) is 0 Å². The molecule has 3 aromatic rings. The van der Waals surface area contributed by atoms with Crippen molar-refractivity contribution in [3.63, 3.8) is 0 Å². The zero-order valence-corrected chi connectivity index (χ0v) is 20.0. The Hall–Kier alpha value is -2.82. The van der Waals surface area contributed by atoms with Crippen LogP contribution < -0.4 is 0 Å². The highest BCUT2D eigenvalue weighted by Crippen LogP contribution is 2.31. The molecule has 166 valence electrons. The molecule has 0 bridgehead atoms.